The molecule has 1 aromatic heterocycles. The quantitative estimate of drug-likeness (QED) is 0.248. The predicted molar refractivity (Wildman–Crippen MR) is 134 cm³/mol. The third kappa shape index (κ3) is 4.97. The molecule has 6 heteroatoms. The summed E-state index contributed by atoms with van der Waals surface area (Å²) in [6, 6.07) is 27.2. The first-order valence-corrected chi connectivity index (χ1v) is 12.7. The first-order valence-electron chi connectivity index (χ1n) is 10.9. The monoisotopic (exact) mass is 473 g/mol. The lowest BCUT2D eigenvalue weighted by molar-refractivity contribution is -0.139. The first kappa shape index (κ1) is 21.7. The fraction of sp³-hybridized carbons (Fsp3) is 0.185. The molecule has 0 saturated carbocycles. The van der Waals surface area contributed by atoms with Crippen LogP contribution in [-0.2, 0) is 11.2 Å². The number of aliphatic carboxylic acids is 1. The minimum Gasteiger partial charge on any atom is -0.482 e. The molecule has 5 rings (SSSR count). The number of nitrogens with zero attached hydrogens (tertiary/aromatic N) is 1. The summed E-state index contributed by atoms with van der Waals surface area (Å²) in [5, 5.41) is 8.81. The number of rotatable bonds is 9. The third-order valence-corrected chi connectivity index (χ3v) is 7.99. The zero-order chi connectivity index (χ0) is 22.6. The highest BCUT2D eigenvalue weighted by atomic mass is 32.2. The smallest absolute Gasteiger partial charge is 0.341 e. The Hall–Kier alpha value is -3.09. The van der Waals surface area contributed by atoms with Gasteiger partial charge in [0.2, 0.25) is 0 Å². The summed E-state index contributed by atoms with van der Waals surface area (Å²) in [7, 11) is 0. The summed E-state index contributed by atoms with van der Waals surface area (Å²) in [4.78, 5) is 16.9. The van der Waals surface area contributed by atoms with Gasteiger partial charge in [-0.2, -0.15) is 0 Å². The largest absolute Gasteiger partial charge is 0.482 e. The van der Waals surface area contributed by atoms with Crippen LogP contribution in [0.3, 0.4) is 0 Å². The van der Waals surface area contributed by atoms with E-state index in [9.17, 15) is 4.79 Å². The van der Waals surface area contributed by atoms with Gasteiger partial charge >= 0.3 is 5.97 Å². The molecule has 4 aromatic rings. The average molecular weight is 474 g/mol. The number of thioether (sulfide) groups is 1. The standard InChI is InChI=1S/C27H23NO3S2/c29-25(30)17-31-21-11-12-23-20(15-21)16-24-26(23)28-27(33-24)32-14-13-22(18-7-3-1-4-8-18)19-9-5-2-6-10-19/h1-12,15,22H,13-14,16-17H2,(H,29,30). The summed E-state index contributed by atoms with van der Waals surface area (Å²) in [5.41, 5.74) is 6.03. The number of hydrogen-bond acceptors (Lipinski definition) is 5. The lowest BCUT2D eigenvalue weighted by Gasteiger charge is -2.17. The Morgan fingerprint density at radius 1 is 1.03 bits per heavy atom. The maximum absolute atomic E-state index is 10.7. The van der Waals surface area contributed by atoms with E-state index in [1.165, 1.54) is 16.0 Å². The van der Waals surface area contributed by atoms with E-state index in [-0.39, 0.29) is 6.61 Å². The van der Waals surface area contributed by atoms with Crippen molar-refractivity contribution in [3.8, 4) is 17.0 Å². The van der Waals surface area contributed by atoms with Crippen molar-refractivity contribution in [2.45, 2.75) is 23.1 Å². The molecule has 0 radical (unpaired) electrons. The van der Waals surface area contributed by atoms with Crippen LogP contribution in [0.25, 0.3) is 11.3 Å². The maximum atomic E-state index is 10.7. The molecule has 3 aromatic carbocycles. The fourth-order valence-electron chi connectivity index (χ4n) is 4.24. The van der Waals surface area contributed by atoms with E-state index in [0.717, 1.165) is 39.8 Å². The lowest BCUT2D eigenvalue weighted by Crippen LogP contribution is -2.09. The number of fused-ring (bicyclic) bond motifs is 3. The molecule has 0 fully saturated rings. The van der Waals surface area contributed by atoms with Gasteiger partial charge in [-0.1, -0.05) is 72.4 Å². The predicted octanol–water partition coefficient (Wildman–Crippen LogP) is 6.49. The van der Waals surface area contributed by atoms with Crippen LogP contribution in [0.2, 0.25) is 0 Å². The Kier molecular flexibility index (Phi) is 6.46. The first-order chi connectivity index (χ1) is 16.2. The molecule has 166 valence electrons. The van der Waals surface area contributed by atoms with Crippen molar-refractivity contribution in [3.05, 3.63) is 100 Å². The Bertz CT molecular complexity index is 1220. The number of benzene rings is 3. The van der Waals surface area contributed by atoms with Gasteiger partial charge < -0.3 is 9.84 Å². The Labute approximate surface area is 201 Å². The van der Waals surface area contributed by atoms with Crippen LogP contribution in [0, 0.1) is 0 Å². The van der Waals surface area contributed by atoms with E-state index < -0.39 is 5.97 Å². The van der Waals surface area contributed by atoms with E-state index in [0.29, 0.717) is 11.7 Å². The Balaban J connectivity index is 1.26. The van der Waals surface area contributed by atoms with Crippen molar-refractivity contribution in [2.24, 2.45) is 0 Å². The molecular formula is C27H23NO3S2. The summed E-state index contributed by atoms with van der Waals surface area (Å²) >= 11 is 3.59. The molecule has 0 aliphatic heterocycles. The van der Waals surface area contributed by atoms with Crippen molar-refractivity contribution < 1.29 is 14.6 Å². The molecule has 0 saturated heterocycles. The summed E-state index contributed by atoms with van der Waals surface area (Å²) in [6.45, 7) is -0.327. The number of carboxylic acid groups (broad SMARTS) is 1. The highest BCUT2D eigenvalue weighted by molar-refractivity contribution is 8.01. The lowest BCUT2D eigenvalue weighted by atomic mass is 9.89. The molecule has 0 atom stereocenters. The SMILES string of the molecule is O=C(O)COc1ccc2c(c1)Cc1sc(SCCC(c3ccccc3)c3ccccc3)nc1-2. The second-order valence-corrected chi connectivity index (χ2v) is 10.4. The van der Waals surface area contributed by atoms with Gasteiger partial charge in [-0.05, 0) is 41.3 Å². The molecule has 0 spiro atoms. The topological polar surface area (TPSA) is 59.4 Å². The van der Waals surface area contributed by atoms with Crippen LogP contribution >= 0.6 is 23.1 Å². The molecule has 0 unspecified atom stereocenters. The second-order valence-electron chi connectivity index (χ2n) is 7.94. The van der Waals surface area contributed by atoms with Gasteiger partial charge in [0.15, 0.2) is 10.9 Å². The van der Waals surface area contributed by atoms with Gasteiger partial charge in [-0.3, -0.25) is 0 Å². The number of aromatic nitrogens is 1. The van der Waals surface area contributed by atoms with Crippen molar-refractivity contribution in [3.63, 3.8) is 0 Å². The van der Waals surface area contributed by atoms with Gasteiger partial charge in [0.05, 0.1) is 5.69 Å². The van der Waals surface area contributed by atoms with Gasteiger partial charge in [-0.25, -0.2) is 9.78 Å². The molecular weight excluding hydrogens is 450 g/mol. The summed E-state index contributed by atoms with van der Waals surface area (Å²) in [5.74, 6) is 0.987. The zero-order valence-electron chi connectivity index (χ0n) is 17.9. The van der Waals surface area contributed by atoms with Crippen LogP contribution in [-0.4, -0.2) is 28.4 Å². The molecule has 1 N–H and O–H groups in total. The molecule has 33 heavy (non-hydrogen) atoms. The Morgan fingerprint density at radius 2 is 1.73 bits per heavy atom. The van der Waals surface area contributed by atoms with Crippen LogP contribution in [0.5, 0.6) is 5.75 Å². The van der Waals surface area contributed by atoms with Gasteiger partial charge in [0.25, 0.3) is 0 Å². The third-order valence-electron chi connectivity index (χ3n) is 5.76. The second kappa shape index (κ2) is 9.81. The zero-order valence-corrected chi connectivity index (χ0v) is 19.6. The number of carboxylic acids is 1. The van der Waals surface area contributed by atoms with Crippen LogP contribution < -0.4 is 4.74 Å². The van der Waals surface area contributed by atoms with Crippen molar-refractivity contribution in [1.29, 1.82) is 0 Å². The number of carbonyl (C=O) groups is 1. The average Bonchev–Trinajstić information content (AvgIpc) is 3.38. The molecule has 0 amide bonds. The highest BCUT2D eigenvalue weighted by Gasteiger charge is 2.24. The van der Waals surface area contributed by atoms with Crippen molar-refractivity contribution in [2.75, 3.05) is 12.4 Å². The van der Waals surface area contributed by atoms with E-state index in [1.54, 1.807) is 11.3 Å². The summed E-state index contributed by atoms with van der Waals surface area (Å²) < 4.78 is 6.43. The van der Waals surface area contributed by atoms with Crippen LogP contribution in [0.4, 0.5) is 0 Å². The van der Waals surface area contributed by atoms with Gasteiger partial charge in [0.1, 0.15) is 5.75 Å². The molecule has 1 heterocycles. The highest BCUT2D eigenvalue weighted by Crippen LogP contribution is 2.43. The van der Waals surface area contributed by atoms with E-state index >= 15 is 0 Å². The minimum absolute atomic E-state index is 0.327. The van der Waals surface area contributed by atoms with Crippen LogP contribution in [0.1, 0.15) is 33.9 Å². The molecule has 1 aliphatic rings. The summed E-state index contributed by atoms with van der Waals surface area (Å²) in [6.07, 6.45) is 1.87. The van der Waals surface area contributed by atoms with E-state index in [1.807, 2.05) is 30.0 Å². The number of thiazole rings is 1. The molecule has 0 bridgehead atoms. The van der Waals surface area contributed by atoms with E-state index in [2.05, 4.69) is 60.7 Å². The van der Waals surface area contributed by atoms with Gasteiger partial charge in [0, 0.05) is 28.5 Å². The Morgan fingerprint density at radius 3 is 2.39 bits per heavy atom. The number of hydrogen-bond donors (Lipinski definition) is 1. The fourth-order valence-corrected chi connectivity index (χ4v) is 6.54. The number of ether oxygens (including phenoxy) is 1. The molecule has 4 nitrogen and oxygen atoms in total. The van der Waals surface area contributed by atoms with Crippen molar-refractivity contribution in [1.82, 2.24) is 4.98 Å². The normalized spacial score (nSPS) is 11.9. The van der Waals surface area contributed by atoms with Crippen molar-refractivity contribution >= 4 is 29.1 Å². The van der Waals surface area contributed by atoms with Gasteiger partial charge in [-0.15, -0.1) is 11.3 Å². The van der Waals surface area contributed by atoms with E-state index in [4.69, 9.17) is 14.8 Å². The minimum atomic E-state index is -0.972. The van der Waals surface area contributed by atoms with Crippen LogP contribution in [0.15, 0.2) is 83.2 Å². The maximum Gasteiger partial charge on any atom is 0.341 e. The molecule has 1 aliphatic carbocycles.